The second kappa shape index (κ2) is 12.8. The average molecular weight is 486 g/mol. The van der Waals surface area contributed by atoms with Gasteiger partial charge in [0.05, 0.1) is 5.56 Å². The van der Waals surface area contributed by atoms with Gasteiger partial charge in [-0.05, 0) is 37.6 Å². The lowest BCUT2D eigenvalue weighted by atomic mass is 10.1. The van der Waals surface area contributed by atoms with Crippen molar-refractivity contribution in [3.63, 3.8) is 0 Å². The molecule has 0 unspecified atom stereocenters. The summed E-state index contributed by atoms with van der Waals surface area (Å²) in [6, 6.07) is 4.14. The lowest BCUT2D eigenvalue weighted by Gasteiger charge is -2.12. The molecule has 0 saturated carbocycles. The van der Waals surface area contributed by atoms with Crippen molar-refractivity contribution in [3.8, 4) is 0 Å². The molecule has 1 amide bonds. The molecule has 0 aliphatic rings. The Bertz CT molecular complexity index is 562. The van der Waals surface area contributed by atoms with Crippen LogP contribution >= 0.6 is 24.0 Å². The zero-order valence-corrected chi connectivity index (χ0v) is 17.3. The predicted octanol–water partition coefficient (Wildman–Crippen LogP) is 3.41. The summed E-state index contributed by atoms with van der Waals surface area (Å²) in [5.74, 6) is 0.267. The Balaban J connectivity index is 0.00000625. The van der Waals surface area contributed by atoms with Gasteiger partial charge in [-0.15, -0.1) is 24.0 Å². The van der Waals surface area contributed by atoms with Crippen LogP contribution in [-0.4, -0.2) is 38.0 Å². The molecule has 9 heteroatoms. The number of unbranched alkanes of at least 4 members (excludes halogenated alkanes) is 1. The molecule has 3 N–H and O–H groups in total. The Kier molecular flexibility index (Phi) is 12.0. The van der Waals surface area contributed by atoms with Crippen LogP contribution in [0.1, 0.15) is 42.6 Å². The minimum absolute atomic E-state index is 0. The third-order valence-corrected chi connectivity index (χ3v) is 3.30. The number of amides is 1. The first-order chi connectivity index (χ1) is 11.9. The molecule has 0 radical (unpaired) electrons. The summed E-state index contributed by atoms with van der Waals surface area (Å²) in [5.41, 5.74) is -0.583. The summed E-state index contributed by atoms with van der Waals surface area (Å²) in [4.78, 5) is 16.3. The van der Waals surface area contributed by atoms with Gasteiger partial charge < -0.3 is 16.0 Å². The van der Waals surface area contributed by atoms with E-state index in [-0.39, 0.29) is 29.5 Å². The molecule has 0 bridgehead atoms. The molecule has 0 heterocycles. The minimum atomic E-state index is -4.40. The van der Waals surface area contributed by atoms with Crippen LogP contribution in [0.5, 0.6) is 0 Å². The number of benzene rings is 1. The topological polar surface area (TPSA) is 65.5 Å². The highest BCUT2D eigenvalue weighted by molar-refractivity contribution is 14.0. The van der Waals surface area contributed by atoms with Crippen molar-refractivity contribution >= 4 is 35.8 Å². The van der Waals surface area contributed by atoms with Crippen molar-refractivity contribution < 1.29 is 18.0 Å². The third-order valence-electron chi connectivity index (χ3n) is 3.30. The Hall–Kier alpha value is -1.52. The van der Waals surface area contributed by atoms with Crippen LogP contribution in [0.2, 0.25) is 0 Å². The maximum atomic E-state index is 12.5. The number of rotatable bonds is 8. The monoisotopic (exact) mass is 486 g/mol. The Morgan fingerprint density at radius 2 is 1.65 bits per heavy atom. The molecule has 1 rings (SSSR count). The number of halogens is 4. The van der Waals surface area contributed by atoms with Crippen molar-refractivity contribution in [3.05, 3.63) is 35.4 Å². The molecule has 1 aromatic rings. The van der Waals surface area contributed by atoms with E-state index < -0.39 is 17.6 Å². The fourth-order valence-corrected chi connectivity index (χ4v) is 1.96. The number of alkyl halides is 3. The Morgan fingerprint density at radius 1 is 1.04 bits per heavy atom. The van der Waals surface area contributed by atoms with Gasteiger partial charge in [0, 0.05) is 31.7 Å². The van der Waals surface area contributed by atoms with E-state index in [1.165, 1.54) is 12.1 Å². The summed E-state index contributed by atoms with van der Waals surface area (Å²) in [5, 5.41) is 8.85. The fourth-order valence-electron chi connectivity index (χ4n) is 1.96. The lowest BCUT2D eigenvalue weighted by Crippen LogP contribution is -2.41. The molecule has 0 aromatic heterocycles. The van der Waals surface area contributed by atoms with E-state index >= 15 is 0 Å². The van der Waals surface area contributed by atoms with Crippen molar-refractivity contribution in [1.82, 2.24) is 16.0 Å². The molecule has 5 nitrogen and oxygen atoms in total. The van der Waals surface area contributed by atoms with Crippen LogP contribution in [0.15, 0.2) is 29.3 Å². The number of carbonyl (C=O) groups excluding carboxylic acids is 1. The smallest absolute Gasteiger partial charge is 0.357 e. The van der Waals surface area contributed by atoms with E-state index in [0.29, 0.717) is 19.0 Å². The van der Waals surface area contributed by atoms with E-state index in [4.69, 9.17) is 0 Å². The fraction of sp³-hybridized carbons (Fsp3) is 0.529. The summed E-state index contributed by atoms with van der Waals surface area (Å²) in [6.07, 6.45) is -2.34. The highest BCUT2D eigenvalue weighted by atomic mass is 127. The minimum Gasteiger partial charge on any atom is -0.357 e. The first-order valence-corrected chi connectivity index (χ1v) is 8.36. The average Bonchev–Trinajstić information content (AvgIpc) is 2.58. The standard InChI is InChI=1S/C17H25F3N4O.HI/c1-3-5-10-23-16(21-4-2)24-12-11-22-15(25)13-6-8-14(9-7-13)17(18,19)20;/h6-9H,3-5,10-12H2,1-2H3,(H,22,25)(H2,21,23,24);1H. The van der Waals surface area contributed by atoms with Gasteiger partial charge in [0.25, 0.3) is 5.91 Å². The Labute approximate surface area is 169 Å². The van der Waals surface area contributed by atoms with Crippen molar-refractivity contribution in [2.24, 2.45) is 4.99 Å². The maximum absolute atomic E-state index is 12.5. The van der Waals surface area contributed by atoms with Crippen LogP contribution in [0.25, 0.3) is 0 Å². The van der Waals surface area contributed by atoms with Gasteiger partial charge in [0.1, 0.15) is 0 Å². The summed E-state index contributed by atoms with van der Waals surface area (Å²) in [7, 11) is 0. The quantitative estimate of drug-likeness (QED) is 0.229. The van der Waals surface area contributed by atoms with Gasteiger partial charge in [0.2, 0.25) is 0 Å². The molecule has 0 atom stereocenters. The molecule has 0 spiro atoms. The molecule has 0 fully saturated rings. The summed E-state index contributed by atoms with van der Waals surface area (Å²) >= 11 is 0. The van der Waals surface area contributed by atoms with Gasteiger partial charge in [-0.2, -0.15) is 13.2 Å². The molecular formula is C17H26F3IN4O. The van der Waals surface area contributed by atoms with E-state index in [1.54, 1.807) is 0 Å². The van der Waals surface area contributed by atoms with Crippen molar-refractivity contribution in [1.29, 1.82) is 0 Å². The highest BCUT2D eigenvalue weighted by Gasteiger charge is 2.30. The first-order valence-electron chi connectivity index (χ1n) is 8.36. The lowest BCUT2D eigenvalue weighted by molar-refractivity contribution is -0.137. The van der Waals surface area contributed by atoms with Crippen LogP contribution in [0.4, 0.5) is 13.2 Å². The molecule has 1 aromatic carbocycles. The number of hydrogen-bond donors (Lipinski definition) is 3. The predicted molar refractivity (Wildman–Crippen MR) is 108 cm³/mol. The number of nitrogens with zero attached hydrogens (tertiary/aromatic N) is 1. The van der Waals surface area contributed by atoms with E-state index in [2.05, 4.69) is 27.9 Å². The summed E-state index contributed by atoms with van der Waals surface area (Å²) < 4.78 is 37.5. The maximum Gasteiger partial charge on any atom is 0.416 e. The van der Waals surface area contributed by atoms with Crippen LogP contribution in [0.3, 0.4) is 0 Å². The zero-order chi connectivity index (χ0) is 18.7. The van der Waals surface area contributed by atoms with Gasteiger partial charge in [-0.1, -0.05) is 13.3 Å². The van der Waals surface area contributed by atoms with Gasteiger partial charge in [-0.25, -0.2) is 0 Å². The first kappa shape index (κ1) is 24.5. The second-order valence-electron chi connectivity index (χ2n) is 5.37. The van der Waals surface area contributed by atoms with E-state index in [0.717, 1.165) is 38.1 Å². The van der Waals surface area contributed by atoms with Gasteiger partial charge >= 0.3 is 6.18 Å². The van der Waals surface area contributed by atoms with Gasteiger partial charge in [0.15, 0.2) is 5.96 Å². The van der Waals surface area contributed by atoms with Crippen molar-refractivity contribution in [2.45, 2.75) is 32.9 Å². The van der Waals surface area contributed by atoms with Crippen molar-refractivity contribution in [2.75, 3.05) is 26.2 Å². The number of nitrogens with one attached hydrogen (secondary N) is 3. The number of carbonyl (C=O) groups is 1. The zero-order valence-electron chi connectivity index (χ0n) is 14.9. The molecule has 26 heavy (non-hydrogen) atoms. The van der Waals surface area contributed by atoms with Crippen LogP contribution in [-0.2, 0) is 6.18 Å². The highest BCUT2D eigenvalue weighted by Crippen LogP contribution is 2.28. The largest absolute Gasteiger partial charge is 0.416 e. The number of hydrogen-bond acceptors (Lipinski definition) is 2. The van der Waals surface area contributed by atoms with Gasteiger partial charge in [-0.3, -0.25) is 9.79 Å². The molecular weight excluding hydrogens is 460 g/mol. The van der Waals surface area contributed by atoms with Crippen LogP contribution in [0, 0.1) is 0 Å². The molecule has 148 valence electrons. The van der Waals surface area contributed by atoms with Crippen LogP contribution < -0.4 is 16.0 Å². The van der Waals surface area contributed by atoms with E-state index in [1.807, 2.05) is 6.92 Å². The molecule has 0 saturated heterocycles. The van der Waals surface area contributed by atoms with E-state index in [9.17, 15) is 18.0 Å². The molecule has 0 aliphatic carbocycles. The summed E-state index contributed by atoms with van der Waals surface area (Å²) in [6.45, 7) is 6.30. The molecule has 0 aliphatic heterocycles. The normalized spacial score (nSPS) is 11.5. The third kappa shape index (κ3) is 9.25. The Morgan fingerprint density at radius 3 is 2.19 bits per heavy atom. The number of guanidine groups is 1. The number of aliphatic imine (C=N–C) groups is 1. The SMILES string of the molecule is CCCCN=C(NCC)NCCNC(=O)c1ccc(C(F)(F)F)cc1.I. The second-order valence-corrected chi connectivity index (χ2v) is 5.37.